The van der Waals surface area contributed by atoms with Gasteiger partial charge in [0.1, 0.15) is 6.61 Å². The molecule has 2 amide bonds. The molecule has 3 rings (SSSR count). The van der Waals surface area contributed by atoms with Gasteiger partial charge in [-0.3, -0.25) is 24.2 Å². The standard InChI is InChI=1S/C24H38N2O6/c27-21-13-7-5-3-1-2-4-6-8-14-22(28)20-12-10-17-26(20)24(30)32-31-18-15-23(29)25-16-9-11-19(21)25/h19-20H,1-18H2. The zero-order valence-electron chi connectivity index (χ0n) is 19.2. The summed E-state index contributed by atoms with van der Waals surface area (Å²) >= 11 is 0. The molecule has 3 aliphatic rings. The Morgan fingerprint density at radius 2 is 1.09 bits per heavy atom. The molecule has 0 saturated carbocycles. The van der Waals surface area contributed by atoms with Gasteiger partial charge >= 0.3 is 6.09 Å². The number of ketones is 2. The Morgan fingerprint density at radius 3 is 1.69 bits per heavy atom. The molecule has 8 heteroatoms. The van der Waals surface area contributed by atoms with Gasteiger partial charge in [0.25, 0.3) is 0 Å². The van der Waals surface area contributed by atoms with Gasteiger partial charge in [-0.05, 0) is 38.5 Å². The summed E-state index contributed by atoms with van der Waals surface area (Å²) in [6.07, 6.45) is 11.7. The van der Waals surface area contributed by atoms with Crippen molar-refractivity contribution in [2.24, 2.45) is 0 Å². The van der Waals surface area contributed by atoms with E-state index in [0.29, 0.717) is 32.4 Å². The fourth-order valence-electron chi connectivity index (χ4n) is 5.12. The summed E-state index contributed by atoms with van der Waals surface area (Å²) < 4.78 is 0. The van der Waals surface area contributed by atoms with Crippen molar-refractivity contribution in [3.63, 3.8) is 0 Å². The van der Waals surface area contributed by atoms with E-state index in [4.69, 9.17) is 9.78 Å². The highest BCUT2D eigenvalue weighted by molar-refractivity contribution is 5.89. The van der Waals surface area contributed by atoms with Gasteiger partial charge < -0.3 is 4.90 Å². The number of carbonyl (C=O) groups excluding carboxylic acids is 4. The van der Waals surface area contributed by atoms with Crippen molar-refractivity contribution in [3.8, 4) is 0 Å². The minimum absolute atomic E-state index is 0.0550. The molecule has 8 nitrogen and oxygen atoms in total. The lowest BCUT2D eigenvalue weighted by molar-refractivity contribution is -0.246. The van der Waals surface area contributed by atoms with Crippen molar-refractivity contribution in [2.45, 2.75) is 108 Å². The summed E-state index contributed by atoms with van der Waals surface area (Å²) in [6, 6.07) is -0.749. The molecule has 3 fully saturated rings. The van der Waals surface area contributed by atoms with Crippen LogP contribution in [0.5, 0.6) is 0 Å². The maximum Gasteiger partial charge on any atom is 0.441 e. The Hall–Kier alpha value is -1.96. The second-order valence-corrected chi connectivity index (χ2v) is 9.28. The van der Waals surface area contributed by atoms with Crippen LogP contribution in [-0.4, -0.2) is 65.1 Å². The minimum Gasteiger partial charge on any atom is -0.333 e. The summed E-state index contributed by atoms with van der Waals surface area (Å²) in [7, 11) is 0. The number of hydrogen-bond acceptors (Lipinski definition) is 6. The van der Waals surface area contributed by atoms with E-state index in [1.54, 1.807) is 4.90 Å². The van der Waals surface area contributed by atoms with Crippen molar-refractivity contribution in [1.29, 1.82) is 0 Å². The van der Waals surface area contributed by atoms with Gasteiger partial charge in [0.05, 0.1) is 18.5 Å². The fraction of sp³-hybridized carbons (Fsp3) is 0.833. The lowest BCUT2D eigenvalue weighted by atomic mass is 10.0. The predicted octanol–water partition coefficient (Wildman–Crippen LogP) is 3.95. The fourth-order valence-corrected chi connectivity index (χ4v) is 5.12. The Labute approximate surface area is 190 Å². The van der Waals surface area contributed by atoms with Crippen LogP contribution in [0, 0.1) is 0 Å². The zero-order chi connectivity index (χ0) is 22.8. The number of amides is 2. The predicted molar refractivity (Wildman–Crippen MR) is 118 cm³/mol. The molecule has 0 spiro atoms. The summed E-state index contributed by atoms with van der Waals surface area (Å²) in [5, 5.41) is 0. The molecule has 0 aliphatic carbocycles. The SMILES string of the molecule is O=C1CCCCCCCCCCC(=O)C2CCCN2C(=O)OOCCC(=O)N2CCCC12. The van der Waals surface area contributed by atoms with Crippen molar-refractivity contribution < 1.29 is 29.0 Å². The van der Waals surface area contributed by atoms with E-state index in [1.165, 1.54) is 4.90 Å². The molecule has 0 aromatic rings. The number of hydrogen-bond donors (Lipinski definition) is 0. The van der Waals surface area contributed by atoms with Gasteiger partial charge in [-0.2, -0.15) is 4.89 Å². The second-order valence-electron chi connectivity index (χ2n) is 9.28. The highest BCUT2D eigenvalue weighted by Gasteiger charge is 2.35. The lowest BCUT2D eigenvalue weighted by Crippen LogP contribution is -2.41. The molecular formula is C24H38N2O6. The summed E-state index contributed by atoms with van der Waals surface area (Å²) in [5.41, 5.74) is 0. The number of fused-ring (bicyclic) bond motifs is 2. The van der Waals surface area contributed by atoms with E-state index in [1.807, 2.05) is 0 Å². The molecule has 0 aromatic heterocycles. The first kappa shape index (κ1) is 24.7. The number of nitrogens with zero attached hydrogens (tertiary/aromatic N) is 2. The lowest BCUT2D eigenvalue weighted by Gasteiger charge is -2.24. The van der Waals surface area contributed by atoms with Gasteiger partial charge in [-0.1, -0.05) is 38.5 Å². The summed E-state index contributed by atoms with van der Waals surface area (Å²) in [4.78, 5) is 63.2. The number of Topliss-reactive ketones (excluding diaryl/α,β-unsaturated/α-hetero) is 2. The molecule has 3 saturated heterocycles. The van der Waals surface area contributed by atoms with E-state index < -0.39 is 12.1 Å². The molecule has 2 atom stereocenters. The highest BCUT2D eigenvalue weighted by Crippen LogP contribution is 2.23. The van der Waals surface area contributed by atoms with Crippen LogP contribution < -0.4 is 0 Å². The highest BCUT2D eigenvalue weighted by atomic mass is 17.2. The Morgan fingerprint density at radius 1 is 0.594 bits per heavy atom. The van der Waals surface area contributed by atoms with Crippen LogP contribution in [0.3, 0.4) is 0 Å². The first-order valence-electron chi connectivity index (χ1n) is 12.5. The molecule has 0 bridgehead atoms. The molecule has 32 heavy (non-hydrogen) atoms. The maximum absolute atomic E-state index is 12.6. The topological polar surface area (TPSA) is 93.2 Å². The Bertz CT molecular complexity index is 611. The third kappa shape index (κ3) is 7.02. The quantitative estimate of drug-likeness (QED) is 0.519. The maximum atomic E-state index is 12.6. The molecule has 0 N–H and O–H groups in total. The molecule has 3 aliphatic heterocycles. The molecule has 0 radical (unpaired) electrons. The van der Waals surface area contributed by atoms with E-state index >= 15 is 0 Å². The van der Waals surface area contributed by atoms with Crippen LogP contribution in [0.15, 0.2) is 0 Å². The monoisotopic (exact) mass is 450 g/mol. The van der Waals surface area contributed by atoms with E-state index in [2.05, 4.69) is 0 Å². The van der Waals surface area contributed by atoms with Crippen LogP contribution in [-0.2, 0) is 24.2 Å². The normalized spacial score (nSPS) is 28.5. The van der Waals surface area contributed by atoms with Crippen LogP contribution in [0.25, 0.3) is 0 Å². The van der Waals surface area contributed by atoms with Crippen molar-refractivity contribution in [2.75, 3.05) is 19.7 Å². The molecule has 0 aromatic carbocycles. The van der Waals surface area contributed by atoms with E-state index in [-0.39, 0.29) is 36.5 Å². The summed E-state index contributed by atoms with van der Waals surface area (Å²) in [6.45, 7) is 1.01. The minimum atomic E-state index is -0.662. The van der Waals surface area contributed by atoms with Gasteiger partial charge in [0.15, 0.2) is 11.6 Å². The van der Waals surface area contributed by atoms with Crippen molar-refractivity contribution >= 4 is 23.6 Å². The Balaban J connectivity index is 1.54. The van der Waals surface area contributed by atoms with Gasteiger partial charge in [-0.25, -0.2) is 4.79 Å². The third-order valence-corrected chi connectivity index (χ3v) is 6.93. The van der Waals surface area contributed by atoms with Gasteiger partial charge in [0, 0.05) is 25.9 Å². The average Bonchev–Trinajstić information content (AvgIpc) is 3.46. The van der Waals surface area contributed by atoms with Gasteiger partial charge in [0.2, 0.25) is 5.91 Å². The molecule has 2 unspecified atom stereocenters. The average molecular weight is 451 g/mol. The van der Waals surface area contributed by atoms with Crippen LogP contribution in [0.4, 0.5) is 4.79 Å². The number of carbonyl (C=O) groups is 4. The van der Waals surface area contributed by atoms with Crippen LogP contribution in [0.2, 0.25) is 0 Å². The van der Waals surface area contributed by atoms with Crippen molar-refractivity contribution in [3.05, 3.63) is 0 Å². The van der Waals surface area contributed by atoms with Crippen LogP contribution in [0.1, 0.15) is 96.3 Å². The molecular weight excluding hydrogens is 412 g/mol. The van der Waals surface area contributed by atoms with Crippen LogP contribution >= 0.6 is 0 Å². The number of rotatable bonds is 0. The third-order valence-electron chi connectivity index (χ3n) is 6.93. The smallest absolute Gasteiger partial charge is 0.333 e. The van der Waals surface area contributed by atoms with Gasteiger partial charge in [-0.15, -0.1) is 0 Å². The summed E-state index contributed by atoms with van der Waals surface area (Å²) in [5.74, 6) is 0.116. The van der Waals surface area contributed by atoms with E-state index in [0.717, 1.165) is 70.6 Å². The van der Waals surface area contributed by atoms with E-state index in [9.17, 15) is 19.2 Å². The molecule has 3 heterocycles. The van der Waals surface area contributed by atoms with Crippen molar-refractivity contribution in [1.82, 2.24) is 9.80 Å². The second kappa shape index (κ2) is 12.9. The Kier molecular flexibility index (Phi) is 9.96. The molecule has 180 valence electrons. The largest absolute Gasteiger partial charge is 0.441 e. The zero-order valence-corrected chi connectivity index (χ0v) is 19.2. The first-order valence-corrected chi connectivity index (χ1v) is 12.5. The first-order chi connectivity index (χ1) is 15.6.